The summed E-state index contributed by atoms with van der Waals surface area (Å²) in [5.41, 5.74) is 1.60. The number of nitrogens with one attached hydrogen (secondary N) is 1. The molecule has 0 fully saturated rings. The van der Waals surface area contributed by atoms with Crippen LogP contribution in [0.3, 0.4) is 0 Å². The highest BCUT2D eigenvalue weighted by Gasteiger charge is 2.21. The number of ether oxygens (including phenoxy) is 2. The van der Waals surface area contributed by atoms with Crippen LogP contribution in [0.4, 0.5) is 5.69 Å². The van der Waals surface area contributed by atoms with E-state index in [0.29, 0.717) is 49.1 Å². The molecule has 1 aliphatic rings. The standard InChI is InChI=1S/C22H22N2O5S2/c1-2-24(15-17-7-4-9-19-21(17)29-12-11-28-19)22(25)16-6-3-8-18(14-16)23-31(26,27)20-10-5-13-30-20/h3-10,13-14,23H,2,11-12,15H2,1H3. The van der Waals surface area contributed by atoms with E-state index < -0.39 is 10.0 Å². The van der Waals surface area contributed by atoms with Gasteiger partial charge in [-0.1, -0.05) is 24.3 Å². The Morgan fingerprint density at radius 3 is 2.68 bits per heavy atom. The number of hydrogen-bond donors (Lipinski definition) is 1. The van der Waals surface area contributed by atoms with Crippen molar-refractivity contribution in [1.29, 1.82) is 0 Å². The van der Waals surface area contributed by atoms with Crippen molar-refractivity contribution in [2.45, 2.75) is 17.7 Å². The summed E-state index contributed by atoms with van der Waals surface area (Å²) in [7, 11) is -3.68. The lowest BCUT2D eigenvalue weighted by Crippen LogP contribution is -2.31. The van der Waals surface area contributed by atoms with Crippen LogP contribution in [0.2, 0.25) is 0 Å². The number of sulfonamides is 1. The molecule has 0 radical (unpaired) electrons. The lowest BCUT2D eigenvalue weighted by molar-refractivity contribution is 0.0749. The van der Waals surface area contributed by atoms with Crippen molar-refractivity contribution in [3.8, 4) is 11.5 Å². The van der Waals surface area contributed by atoms with E-state index in [2.05, 4.69) is 4.72 Å². The highest BCUT2D eigenvalue weighted by atomic mass is 32.2. The number of carbonyl (C=O) groups excluding carboxylic acids is 1. The lowest BCUT2D eigenvalue weighted by atomic mass is 10.1. The summed E-state index contributed by atoms with van der Waals surface area (Å²) >= 11 is 1.13. The molecule has 1 amide bonds. The van der Waals surface area contributed by atoms with Gasteiger partial charge >= 0.3 is 0 Å². The summed E-state index contributed by atoms with van der Waals surface area (Å²) in [6.45, 7) is 3.70. The SMILES string of the molecule is CCN(Cc1cccc2c1OCCO2)C(=O)c1cccc(NS(=O)(=O)c2cccs2)c1. The van der Waals surface area contributed by atoms with Crippen LogP contribution in [0.5, 0.6) is 11.5 Å². The molecule has 0 bridgehead atoms. The number of benzene rings is 2. The Morgan fingerprint density at radius 2 is 1.90 bits per heavy atom. The molecule has 2 aromatic carbocycles. The maximum atomic E-state index is 13.2. The van der Waals surface area contributed by atoms with Gasteiger partial charge in [-0.3, -0.25) is 9.52 Å². The van der Waals surface area contributed by atoms with Gasteiger partial charge in [0.1, 0.15) is 17.4 Å². The van der Waals surface area contributed by atoms with E-state index in [-0.39, 0.29) is 10.1 Å². The van der Waals surface area contributed by atoms with E-state index in [1.807, 2.05) is 25.1 Å². The number of amides is 1. The minimum atomic E-state index is -3.68. The van der Waals surface area contributed by atoms with Crippen LogP contribution in [0.25, 0.3) is 0 Å². The topological polar surface area (TPSA) is 84.9 Å². The Labute approximate surface area is 185 Å². The molecule has 1 N–H and O–H groups in total. The van der Waals surface area contributed by atoms with E-state index in [4.69, 9.17) is 9.47 Å². The Balaban J connectivity index is 1.54. The van der Waals surface area contributed by atoms with E-state index in [1.165, 1.54) is 6.07 Å². The largest absolute Gasteiger partial charge is 0.486 e. The quantitative estimate of drug-likeness (QED) is 0.579. The first kappa shape index (κ1) is 21.2. The number of hydrogen-bond acceptors (Lipinski definition) is 6. The van der Waals surface area contributed by atoms with Crippen LogP contribution in [0.15, 0.2) is 64.2 Å². The van der Waals surface area contributed by atoms with E-state index in [0.717, 1.165) is 16.9 Å². The predicted molar refractivity (Wildman–Crippen MR) is 119 cm³/mol. The summed E-state index contributed by atoms with van der Waals surface area (Å²) in [5, 5.41) is 1.70. The summed E-state index contributed by atoms with van der Waals surface area (Å²) in [4.78, 5) is 14.9. The smallest absolute Gasteiger partial charge is 0.271 e. The van der Waals surface area contributed by atoms with Gasteiger partial charge in [-0.15, -0.1) is 11.3 Å². The first-order valence-electron chi connectivity index (χ1n) is 9.81. The Morgan fingerprint density at radius 1 is 1.10 bits per heavy atom. The van der Waals surface area contributed by atoms with Gasteiger partial charge in [0.15, 0.2) is 11.5 Å². The van der Waals surface area contributed by atoms with Gasteiger partial charge in [0, 0.05) is 29.9 Å². The third-order valence-electron chi connectivity index (χ3n) is 4.80. The molecule has 0 atom stereocenters. The van der Waals surface area contributed by atoms with Crippen LogP contribution in [0.1, 0.15) is 22.8 Å². The van der Waals surface area contributed by atoms with Gasteiger partial charge in [-0.05, 0) is 42.6 Å². The maximum absolute atomic E-state index is 13.2. The number of fused-ring (bicyclic) bond motifs is 1. The zero-order valence-corrected chi connectivity index (χ0v) is 18.5. The average Bonchev–Trinajstić information content (AvgIpc) is 3.33. The monoisotopic (exact) mass is 458 g/mol. The van der Waals surface area contributed by atoms with E-state index >= 15 is 0 Å². The fraction of sp³-hybridized carbons (Fsp3) is 0.227. The van der Waals surface area contributed by atoms with Crippen molar-refractivity contribution >= 4 is 33.0 Å². The normalized spacial score (nSPS) is 12.9. The third kappa shape index (κ3) is 4.67. The second-order valence-electron chi connectivity index (χ2n) is 6.88. The highest BCUT2D eigenvalue weighted by molar-refractivity contribution is 7.94. The molecule has 0 saturated heterocycles. The molecule has 31 heavy (non-hydrogen) atoms. The van der Waals surface area contributed by atoms with Crippen LogP contribution < -0.4 is 14.2 Å². The third-order valence-corrected chi connectivity index (χ3v) is 7.58. The van der Waals surface area contributed by atoms with Crippen molar-refractivity contribution in [2.75, 3.05) is 24.5 Å². The van der Waals surface area contributed by atoms with Crippen LogP contribution in [-0.4, -0.2) is 39.0 Å². The summed E-state index contributed by atoms with van der Waals surface area (Å²) in [6.07, 6.45) is 0. The Bertz CT molecular complexity index is 1180. The van der Waals surface area contributed by atoms with Gasteiger partial charge in [0.2, 0.25) is 0 Å². The van der Waals surface area contributed by atoms with Gasteiger partial charge in [-0.25, -0.2) is 8.42 Å². The molecule has 4 rings (SSSR count). The number of anilines is 1. The zero-order chi connectivity index (χ0) is 21.8. The van der Waals surface area contributed by atoms with Crippen LogP contribution >= 0.6 is 11.3 Å². The van der Waals surface area contributed by atoms with E-state index in [9.17, 15) is 13.2 Å². The van der Waals surface area contributed by atoms with Gasteiger partial charge in [0.25, 0.3) is 15.9 Å². The minimum absolute atomic E-state index is 0.200. The molecule has 2 heterocycles. The van der Waals surface area contributed by atoms with E-state index in [1.54, 1.807) is 40.6 Å². The molecule has 3 aromatic rings. The molecule has 0 unspecified atom stereocenters. The zero-order valence-electron chi connectivity index (χ0n) is 16.9. The average molecular weight is 459 g/mol. The number of carbonyl (C=O) groups is 1. The maximum Gasteiger partial charge on any atom is 0.271 e. The van der Waals surface area contributed by atoms with Gasteiger partial charge in [-0.2, -0.15) is 0 Å². The molecular weight excluding hydrogens is 436 g/mol. The molecule has 0 saturated carbocycles. The van der Waals surface area contributed by atoms with Crippen LogP contribution in [-0.2, 0) is 16.6 Å². The molecule has 162 valence electrons. The fourth-order valence-electron chi connectivity index (χ4n) is 3.31. The number of rotatable bonds is 7. The van der Waals surface area contributed by atoms with Gasteiger partial charge < -0.3 is 14.4 Å². The minimum Gasteiger partial charge on any atom is -0.486 e. The summed E-state index contributed by atoms with van der Waals surface area (Å²) in [6, 6.07) is 15.4. The number of nitrogens with zero attached hydrogens (tertiary/aromatic N) is 1. The van der Waals surface area contributed by atoms with Gasteiger partial charge in [0.05, 0.1) is 0 Å². The molecule has 0 spiro atoms. The second-order valence-corrected chi connectivity index (χ2v) is 9.74. The number of thiophene rings is 1. The Hall–Kier alpha value is -3.04. The summed E-state index contributed by atoms with van der Waals surface area (Å²) < 4.78 is 39.1. The van der Waals surface area contributed by atoms with Crippen molar-refractivity contribution in [3.05, 3.63) is 71.1 Å². The molecular formula is C22H22N2O5S2. The van der Waals surface area contributed by atoms with Crippen molar-refractivity contribution in [1.82, 2.24) is 4.90 Å². The molecule has 7 nitrogen and oxygen atoms in total. The van der Waals surface area contributed by atoms with Crippen molar-refractivity contribution in [2.24, 2.45) is 0 Å². The first-order valence-corrected chi connectivity index (χ1v) is 12.2. The molecule has 0 aliphatic carbocycles. The highest BCUT2D eigenvalue weighted by Crippen LogP contribution is 2.34. The van der Waals surface area contributed by atoms with Crippen molar-refractivity contribution < 1.29 is 22.7 Å². The first-order chi connectivity index (χ1) is 15.0. The summed E-state index contributed by atoms with van der Waals surface area (Å²) in [5.74, 6) is 1.14. The van der Waals surface area contributed by atoms with Crippen molar-refractivity contribution in [3.63, 3.8) is 0 Å². The lowest BCUT2D eigenvalue weighted by Gasteiger charge is -2.25. The Kier molecular flexibility index (Phi) is 6.15. The molecule has 1 aliphatic heterocycles. The van der Waals surface area contributed by atoms with Crippen LogP contribution in [0, 0.1) is 0 Å². The number of para-hydroxylation sites is 1. The predicted octanol–water partition coefficient (Wildman–Crippen LogP) is 3.98. The molecule has 9 heteroatoms. The fourth-order valence-corrected chi connectivity index (χ4v) is 5.35. The molecule has 1 aromatic heterocycles. The second kappa shape index (κ2) is 8.99.